The van der Waals surface area contributed by atoms with Crippen LogP contribution in [0.4, 0.5) is 11.6 Å². The zero-order chi connectivity index (χ0) is 18.9. The number of hydrogen-bond donors (Lipinski definition) is 2. The van der Waals surface area contributed by atoms with Crippen molar-refractivity contribution in [3.63, 3.8) is 0 Å². The first-order valence-electron chi connectivity index (χ1n) is 9.45. The quantitative estimate of drug-likeness (QED) is 0.551. The van der Waals surface area contributed by atoms with Crippen molar-refractivity contribution >= 4 is 33.6 Å². The van der Waals surface area contributed by atoms with E-state index >= 15 is 0 Å². The van der Waals surface area contributed by atoms with Gasteiger partial charge in [-0.2, -0.15) is 0 Å². The van der Waals surface area contributed by atoms with E-state index in [1.807, 2.05) is 36.4 Å². The number of oxazole rings is 1. The Hall–Kier alpha value is -3.19. The van der Waals surface area contributed by atoms with Crippen LogP contribution >= 0.6 is 0 Å². The van der Waals surface area contributed by atoms with Crippen LogP contribution in [0.15, 0.2) is 53.4 Å². The number of aliphatic hydroxyl groups excluding tert-OH is 1. The Morgan fingerprint density at radius 1 is 1.07 bits per heavy atom. The maximum atomic E-state index is 9.70. The number of nitrogens with zero attached hydrogens (tertiary/aromatic N) is 3. The van der Waals surface area contributed by atoms with Crippen LogP contribution < -0.4 is 10.1 Å². The second-order valence-electron chi connectivity index (χ2n) is 7.10. The third kappa shape index (κ3) is 3.36. The van der Waals surface area contributed by atoms with Crippen molar-refractivity contribution in [2.45, 2.75) is 37.9 Å². The van der Waals surface area contributed by atoms with Crippen molar-refractivity contribution in [3.05, 3.63) is 49.0 Å². The van der Waals surface area contributed by atoms with E-state index in [0.29, 0.717) is 11.5 Å². The van der Waals surface area contributed by atoms with Crippen LogP contribution in [-0.2, 0) is 0 Å². The van der Waals surface area contributed by atoms with E-state index in [4.69, 9.17) is 9.15 Å². The van der Waals surface area contributed by atoms with E-state index in [1.54, 1.807) is 6.20 Å². The van der Waals surface area contributed by atoms with Gasteiger partial charge in [-0.15, -0.1) is 0 Å². The maximum absolute atomic E-state index is 9.70. The number of rotatable bonds is 4. The molecule has 2 aromatic heterocycles. The molecule has 0 saturated heterocycles. The molecule has 2 heterocycles. The first-order chi connectivity index (χ1) is 13.7. The fraction of sp³-hybridized carbons (Fsp3) is 0.286. The number of benzene rings is 2. The second kappa shape index (κ2) is 7.09. The second-order valence-corrected chi connectivity index (χ2v) is 7.10. The van der Waals surface area contributed by atoms with E-state index in [1.165, 1.54) is 6.39 Å². The Morgan fingerprint density at radius 3 is 2.86 bits per heavy atom. The Morgan fingerprint density at radius 2 is 1.96 bits per heavy atom. The van der Waals surface area contributed by atoms with E-state index in [-0.39, 0.29) is 12.2 Å². The van der Waals surface area contributed by atoms with Gasteiger partial charge >= 0.3 is 0 Å². The fourth-order valence-electron chi connectivity index (χ4n) is 3.59. The summed E-state index contributed by atoms with van der Waals surface area (Å²) in [6.07, 6.45) is 6.38. The number of ether oxygens (including phenoxy) is 1. The van der Waals surface area contributed by atoms with Crippen molar-refractivity contribution in [2.24, 2.45) is 0 Å². The molecule has 5 rings (SSSR count). The van der Waals surface area contributed by atoms with E-state index < -0.39 is 0 Å². The SMILES string of the molecule is O[C@H]1CC[C@@H](Oc2cccc3cnc(Nc4ccc5ncoc5c4)nc23)CC1. The molecule has 1 aliphatic carbocycles. The molecule has 2 aromatic carbocycles. The van der Waals surface area contributed by atoms with Crippen molar-refractivity contribution in [2.75, 3.05) is 5.32 Å². The van der Waals surface area contributed by atoms with Crippen LogP contribution in [0.3, 0.4) is 0 Å². The first-order valence-corrected chi connectivity index (χ1v) is 9.45. The highest BCUT2D eigenvalue weighted by Gasteiger charge is 2.21. The minimum absolute atomic E-state index is 0.106. The Labute approximate surface area is 161 Å². The average molecular weight is 376 g/mol. The molecule has 28 heavy (non-hydrogen) atoms. The van der Waals surface area contributed by atoms with Crippen LogP contribution in [0, 0.1) is 0 Å². The number of aromatic nitrogens is 3. The zero-order valence-corrected chi connectivity index (χ0v) is 15.2. The molecule has 0 radical (unpaired) electrons. The number of para-hydroxylation sites is 1. The molecule has 142 valence electrons. The van der Waals surface area contributed by atoms with Crippen LogP contribution in [0.25, 0.3) is 22.0 Å². The van der Waals surface area contributed by atoms with Gasteiger partial charge in [0, 0.05) is 23.3 Å². The van der Waals surface area contributed by atoms with Crippen LogP contribution in [0.1, 0.15) is 25.7 Å². The molecular weight excluding hydrogens is 356 g/mol. The summed E-state index contributed by atoms with van der Waals surface area (Å²) >= 11 is 0. The third-order valence-corrected chi connectivity index (χ3v) is 5.10. The lowest BCUT2D eigenvalue weighted by molar-refractivity contribution is 0.0672. The summed E-state index contributed by atoms with van der Waals surface area (Å²) in [6.45, 7) is 0. The van der Waals surface area contributed by atoms with Crippen LogP contribution in [0.2, 0.25) is 0 Å². The summed E-state index contributed by atoms with van der Waals surface area (Å²) in [5.74, 6) is 1.23. The van der Waals surface area contributed by atoms with Gasteiger partial charge in [0.2, 0.25) is 5.95 Å². The maximum Gasteiger partial charge on any atom is 0.227 e. The molecule has 0 atom stereocenters. The zero-order valence-electron chi connectivity index (χ0n) is 15.2. The fourth-order valence-corrected chi connectivity index (χ4v) is 3.59. The third-order valence-electron chi connectivity index (χ3n) is 5.10. The molecule has 7 heteroatoms. The van der Waals surface area contributed by atoms with Gasteiger partial charge in [0.1, 0.15) is 16.8 Å². The lowest BCUT2D eigenvalue weighted by Crippen LogP contribution is -2.26. The molecule has 0 aliphatic heterocycles. The largest absolute Gasteiger partial charge is 0.488 e. The normalized spacial score (nSPS) is 19.8. The molecule has 0 bridgehead atoms. The molecule has 0 amide bonds. The molecule has 0 unspecified atom stereocenters. The standard InChI is InChI=1S/C21H20N4O3/c26-15-5-7-16(8-6-15)28-18-3-1-2-13-11-22-21(25-20(13)18)24-14-4-9-17-19(10-14)27-12-23-17/h1-4,9-12,15-16,26H,5-8H2,(H,22,24,25)/t15-,16+. The van der Waals surface area contributed by atoms with Gasteiger partial charge in [0.25, 0.3) is 0 Å². The minimum atomic E-state index is -0.202. The smallest absolute Gasteiger partial charge is 0.227 e. The van der Waals surface area contributed by atoms with Gasteiger partial charge in [-0.05, 0) is 43.9 Å². The van der Waals surface area contributed by atoms with Crippen molar-refractivity contribution < 1.29 is 14.3 Å². The molecular formula is C21H20N4O3. The summed E-state index contributed by atoms with van der Waals surface area (Å²) in [5.41, 5.74) is 3.10. The van der Waals surface area contributed by atoms with E-state index in [9.17, 15) is 5.11 Å². The van der Waals surface area contributed by atoms with Crippen LogP contribution in [0.5, 0.6) is 5.75 Å². The van der Waals surface area contributed by atoms with Crippen LogP contribution in [-0.4, -0.2) is 32.3 Å². The Bertz CT molecular complexity index is 1120. The van der Waals surface area contributed by atoms with Gasteiger partial charge in [0.15, 0.2) is 12.0 Å². The summed E-state index contributed by atoms with van der Waals surface area (Å²) in [5, 5.41) is 13.8. The van der Waals surface area contributed by atoms with Gasteiger partial charge in [-0.25, -0.2) is 15.0 Å². The average Bonchev–Trinajstić information content (AvgIpc) is 3.18. The van der Waals surface area contributed by atoms with Crippen molar-refractivity contribution in [1.29, 1.82) is 0 Å². The molecule has 4 aromatic rings. The number of hydrogen-bond acceptors (Lipinski definition) is 7. The van der Waals surface area contributed by atoms with E-state index in [2.05, 4.69) is 20.3 Å². The molecule has 1 fully saturated rings. The molecule has 2 N–H and O–H groups in total. The number of aliphatic hydroxyl groups is 1. The van der Waals surface area contributed by atoms with Crippen molar-refractivity contribution in [1.82, 2.24) is 15.0 Å². The Kier molecular flexibility index (Phi) is 4.29. The molecule has 1 aliphatic rings. The minimum Gasteiger partial charge on any atom is -0.488 e. The lowest BCUT2D eigenvalue weighted by atomic mass is 9.95. The number of anilines is 2. The molecule has 1 saturated carbocycles. The van der Waals surface area contributed by atoms with Gasteiger partial charge < -0.3 is 19.6 Å². The van der Waals surface area contributed by atoms with E-state index in [0.717, 1.165) is 53.5 Å². The van der Waals surface area contributed by atoms with Gasteiger partial charge in [0.05, 0.1) is 12.2 Å². The predicted molar refractivity (Wildman–Crippen MR) is 106 cm³/mol. The number of fused-ring (bicyclic) bond motifs is 2. The van der Waals surface area contributed by atoms with Gasteiger partial charge in [-0.3, -0.25) is 0 Å². The Balaban J connectivity index is 1.42. The molecule has 7 nitrogen and oxygen atoms in total. The lowest BCUT2D eigenvalue weighted by Gasteiger charge is -2.26. The summed E-state index contributed by atoms with van der Waals surface area (Å²) < 4.78 is 11.6. The van der Waals surface area contributed by atoms with Gasteiger partial charge in [-0.1, -0.05) is 12.1 Å². The van der Waals surface area contributed by atoms with Crippen molar-refractivity contribution in [3.8, 4) is 5.75 Å². The topological polar surface area (TPSA) is 93.3 Å². The first kappa shape index (κ1) is 16.9. The monoisotopic (exact) mass is 376 g/mol. The highest BCUT2D eigenvalue weighted by molar-refractivity contribution is 5.85. The highest BCUT2D eigenvalue weighted by atomic mass is 16.5. The summed E-state index contributed by atoms with van der Waals surface area (Å²) in [4.78, 5) is 13.2. The predicted octanol–water partition coefficient (Wildman–Crippen LogP) is 4.20. The summed E-state index contributed by atoms with van der Waals surface area (Å²) in [7, 11) is 0. The number of nitrogens with one attached hydrogen (secondary N) is 1. The molecule has 0 spiro atoms. The summed E-state index contributed by atoms with van der Waals surface area (Å²) in [6, 6.07) is 11.5. The highest BCUT2D eigenvalue weighted by Crippen LogP contribution is 2.29.